The average Bonchev–Trinajstić information content (AvgIpc) is 2.62. The van der Waals surface area contributed by atoms with Crippen LogP contribution in [0.4, 0.5) is 0 Å². The maximum Gasteiger partial charge on any atom is 0.0956 e. The number of hydrogen-bond donors (Lipinski definition) is 0. The van der Waals surface area contributed by atoms with Gasteiger partial charge >= 0.3 is 0 Å². The molecule has 0 fully saturated rings. The molecule has 0 spiro atoms. The maximum absolute atomic E-state index is 4.01. The summed E-state index contributed by atoms with van der Waals surface area (Å²) in [5.41, 5.74) is 1.27. The Bertz CT molecular complexity index is 293. The Labute approximate surface area is 117 Å². The number of nitrogens with zero attached hydrogens (tertiary/aromatic N) is 3. The largest absolute Gasteiger partial charge is 0.358 e. The molecular weight excluding hydrogens is 263 g/mol. The fourth-order valence-corrected chi connectivity index (χ4v) is 1.48. The van der Waals surface area contributed by atoms with Crippen molar-refractivity contribution in [2.24, 2.45) is 0 Å². The van der Waals surface area contributed by atoms with E-state index >= 15 is 0 Å². The van der Waals surface area contributed by atoms with Crippen LogP contribution in [0, 0.1) is 14.4 Å². The van der Waals surface area contributed by atoms with E-state index in [-0.39, 0.29) is 40.1 Å². The summed E-state index contributed by atoms with van der Waals surface area (Å²) in [6.07, 6.45) is 8.94. The van der Waals surface area contributed by atoms with Crippen LogP contribution >= 0.6 is 0 Å². The molecule has 1 aromatic rings. The van der Waals surface area contributed by atoms with E-state index in [4.69, 9.17) is 0 Å². The van der Waals surface area contributed by atoms with Crippen LogP contribution in [-0.4, -0.2) is 27.5 Å². The summed E-state index contributed by atoms with van der Waals surface area (Å²) in [6.45, 7) is 6.99. The SMILES string of the molecule is [CH2-]C1=CCN(Cn2ccnc2)CC1.[CH3-].[Y]. The molecule has 0 saturated carbocycles. The summed E-state index contributed by atoms with van der Waals surface area (Å²) in [5.74, 6) is 0. The van der Waals surface area contributed by atoms with Crippen molar-refractivity contribution in [3.8, 4) is 0 Å². The van der Waals surface area contributed by atoms with Crippen LogP contribution in [0.2, 0.25) is 0 Å². The molecule has 4 heteroatoms. The van der Waals surface area contributed by atoms with Gasteiger partial charge in [0.1, 0.15) is 0 Å². The van der Waals surface area contributed by atoms with Crippen LogP contribution < -0.4 is 0 Å². The normalized spacial score (nSPS) is 16.1. The van der Waals surface area contributed by atoms with Gasteiger partial charge < -0.3 is 12.0 Å². The minimum Gasteiger partial charge on any atom is -0.358 e. The first-order chi connectivity index (χ1) is 6.34. The van der Waals surface area contributed by atoms with Crippen molar-refractivity contribution in [1.82, 2.24) is 14.5 Å². The molecule has 2 heterocycles. The van der Waals surface area contributed by atoms with Crippen LogP contribution in [0.3, 0.4) is 0 Å². The zero-order valence-corrected chi connectivity index (χ0v) is 12.1. The Balaban J connectivity index is 0.000000980. The molecule has 0 aromatic carbocycles. The first-order valence-electron chi connectivity index (χ1n) is 4.54. The van der Waals surface area contributed by atoms with Gasteiger partial charge in [0.2, 0.25) is 0 Å². The first kappa shape index (κ1) is 14.9. The van der Waals surface area contributed by atoms with E-state index in [2.05, 4.69) is 27.5 Å². The number of rotatable bonds is 2. The molecule has 2 rings (SSSR count). The Morgan fingerprint density at radius 1 is 1.47 bits per heavy atom. The number of aromatic nitrogens is 2. The molecule has 15 heavy (non-hydrogen) atoms. The second-order valence-corrected chi connectivity index (χ2v) is 3.41. The topological polar surface area (TPSA) is 21.1 Å². The van der Waals surface area contributed by atoms with Crippen molar-refractivity contribution in [2.45, 2.75) is 13.1 Å². The van der Waals surface area contributed by atoms with Gasteiger partial charge in [-0.15, -0.1) is 0 Å². The molecule has 1 aliphatic rings. The van der Waals surface area contributed by atoms with E-state index in [1.807, 2.05) is 18.7 Å². The Morgan fingerprint density at radius 3 is 2.80 bits per heavy atom. The monoisotopic (exact) mass is 280 g/mol. The van der Waals surface area contributed by atoms with Crippen molar-refractivity contribution in [2.75, 3.05) is 13.1 Å². The number of imidazole rings is 1. The van der Waals surface area contributed by atoms with Crippen LogP contribution in [0.25, 0.3) is 0 Å². The maximum atomic E-state index is 4.01. The van der Waals surface area contributed by atoms with Crippen LogP contribution in [0.15, 0.2) is 30.4 Å². The molecule has 3 nitrogen and oxygen atoms in total. The summed E-state index contributed by atoms with van der Waals surface area (Å²) in [7, 11) is 0. The van der Waals surface area contributed by atoms with Gasteiger partial charge in [0.25, 0.3) is 0 Å². The van der Waals surface area contributed by atoms with Crippen molar-refractivity contribution < 1.29 is 32.7 Å². The fraction of sp³-hybridized carbons (Fsp3) is 0.364. The standard InChI is InChI=1S/C10H14N3.CH3.Y/c1-10-2-5-12(6-3-10)9-13-7-4-11-8-13;;/h2,4,7-8H,1,3,5-6,9H2;1H3;/q2*-1;. The molecule has 1 radical (unpaired) electrons. The van der Waals surface area contributed by atoms with Gasteiger partial charge in [-0.25, -0.2) is 23.6 Å². The van der Waals surface area contributed by atoms with Gasteiger partial charge in [-0.1, -0.05) is 0 Å². The average molecular weight is 280 g/mol. The second kappa shape index (κ2) is 7.21. The van der Waals surface area contributed by atoms with E-state index < -0.39 is 0 Å². The minimum absolute atomic E-state index is 0. The van der Waals surface area contributed by atoms with Crippen LogP contribution in [-0.2, 0) is 39.4 Å². The third-order valence-corrected chi connectivity index (χ3v) is 2.31. The smallest absolute Gasteiger partial charge is 0.0956 e. The fourth-order valence-electron chi connectivity index (χ4n) is 1.48. The molecule has 81 valence electrons. The van der Waals surface area contributed by atoms with Gasteiger partial charge in [-0.05, 0) is 19.5 Å². The Kier molecular flexibility index (Phi) is 7.15. The molecule has 0 N–H and O–H groups in total. The molecule has 0 bridgehead atoms. The Morgan fingerprint density at radius 2 is 2.27 bits per heavy atom. The predicted molar refractivity (Wildman–Crippen MR) is 58.3 cm³/mol. The van der Waals surface area contributed by atoms with Gasteiger partial charge in [-0.3, -0.25) is 4.90 Å². The molecular formula is C11H17N3Y-2. The van der Waals surface area contributed by atoms with Crippen molar-refractivity contribution in [1.29, 1.82) is 0 Å². The molecule has 1 aromatic heterocycles. The zero-order chi connectivity index (χ0) is 9.10. The van der Waals surface area contributed by atoms with E-state index in [0.29, 0.717) is 0 Å². The van der Waals surface area contributed by atoms with Crippen molar-refractivity contribution in [3.63, 3.8) is 0 Å². The van der Waals surface area contributed by atoms with Gasteiger partial charge in [0, 0.05) is 45.1 Å². The molecule has 0 saturated heterocycles. The molecule has 0 atom stereocenters. The third kappa shape index (κ3) is 4.50. The molecule has 0 aliphatic carbocycles. The van der Waals surface area contributed by atoms with Crippen molar-refractivity contribution in [3.05, 3.63) is 44.7 Å². The van der Waals surface area contributed by atoms with Gasteiger partial charge in [-0.2, -0.15) is 0 Å². The third-order valence-electron chi connectivity index (χ3n) is 2.31. The summed E-state index contributed by atoms with van der Waals surface area (Å²) in [4.78, 5) is 6.38. The summed E-state index contributed by atoms with van der Waals surface area (Å²) in [6, 6.07) is 0. The summed E-state index contributed by atoms with van der Waals surface area (Å²) < 4.78 is 2.09. The van der Waals surface area contributed by atoms with E-state index in [9.17, 15) is 0 Å². The predicted octanol–water partition coefficient (Wildman–Crippen LogP) is 1.75. The minimum atomic E-state index is 0. The first-order valence-corrected chi connectivity index (χ1v) is 4.54. The van der Waals surface area contributed by atoms with E-state index in [0.717, 1.165) is 26.2 Å². The number of hydrogen-bond acceptors (Lipinski definition) is 2. The molecule has 0 amide bonds. The van der Waals surface area contributed by atoms with Crippen LogP contribution in [0.1, 0.15) is 6.42 Å². The van der Waals surface area contributed by atoms with Gasteiger partial charge in [0.05, 0.1) is 13.0 Å². The Hall–Kier alpha value is -0.116. The van der Waals surface area contributed by atoms with Crippen molar-refractivity contribution >= 4 is 0 Å². The van der Waals surface area contributed by atoms with E-state index in [1.165, 1.54) is 5.57 Å². The molecule has 0 unspecified atom stereocenters. The summed E-state index contributed by atoms with van der Waals surface area (Å²) >= 11 is 0. The quantitative estimate of drug-likeness (QED) is 0.770. The van der Waals surface area contributed by atoms with Crippen LogP contribution in [0.5, 0.6) is 0 Å². The zero-order valence-electron chi connectivity index (χ0n) is 9.26. The van der Waals surface area contributed by atoms with Gasteiger partial charge in [0.15, 0.2) is 0 Å². The van der Waals surface area contributed by atoms with E-state index in [1.54, 1.807) is 0 Å². The summed E-state index contributed by atoms with van der Waals surface area (Å²) in [5, 5.41) is 0. The second-order valence-electron chi connectivity index (χ2n) is 3.41. The molecule has 1 aliphatic heterocycles.